The van der Waals surface area contributed by atoms with Crippen molar-refractivity contribution in [1.29, 1.82) is 0 Å². The molecule has 1 aliphatic heterocycles. The minimum absolute atomic E-state index is 0.0233. The first-order valence-corrected chi connectivity index (χ1v) is 11.5. The molecule has 0 spiro atoms. The summed E-state index contributed by atoms with van der Waals surface area (Å²) in [7, 11) is -3.55. The number of amides is 2. The van der Waals surface area contributed by atoms with Gasteiger partial charge in [-0.25, -0.2) is 13.1 Å². The molecule has 30 heavy (non-hydrogen) atoms. The van der Waals surface area contributed by atoms with Crippen molar-refractivity contribution in [3.63, 3.8) is 0 Å². The second-order valence-corrected chi connectivity index (χ2v) is 9.27. The lowest BCUT2D eigenvalue weighted by atomic mass is 9.99. The average molecular weight is 430 g/mol. The van der Waals surface area contributed by atoms with Crippen molar-refractivity contribution < 1.29 is 18.0 Å². The predicted molar refractivity (Wildman–Crippen MR) is 114 cm³/mol. The number of benzene rings is 2. The molecule has 2 N–H and O–H groups in total. The summed E-state index contributed by atoms with van der Waals surface area (Å²) < 4.78 is 27.0. The molecule has 3 rings (SSSR count). The van der Waals surface area contributed by atoms with Crippen LogP contribution in [0.1, 0.15) is 29.9 Å². The maximum Gasteiger partial charge on any atom is 0.240 e. The van der Waals surface area contributed by atoms with E-state index in [9.17, 15) is 18.0 Å². The van der Waals surface area contributed by atoms with Gasteiger partial charge < -0.3 is 10.2 Å². The highest BCUT2D eigenvalue weighted by atomic mass is 32.2. The van der Waals surface area contributed by atoms with Gasteiger partial charge in [-0.05, 0) is 31.0 Å². The highest BCUT2D eigenvalue weighted by Gasteiger charge is 2.31. The molecule has 0 radical (unpaired) electrons. The van der Waals surface area contributed by atoms with Gasteiger partial charge in [-0.1, -0.05) is 48.0 Å². The van der Waals surface area contributed by atoms with Crippen LogP contribution in [0, 0.1) is 6.92 Å². The molecule has 0 bridgehead atoms. The number of nitrogens with one attached hydrogen (secondary N) is 2. The zero-order chi connectivity index (χ0) is 21.6. The van der Waals surface area contributed by atoms with Crippen LogP contribution in [0.2, 0.25) is 0 Å². The Bertz CT molecular complexity index is 975. The second kappa shape index (κ2) is 9.86. The average Bonchev–Trinajstić information content (AvgIpc) is 3.09. The van der Waals surface area contributed by atoms with Crippen LogP contribution in [-0.2, 0) is 19.6 Å². The smallest absolute Gasteiger partial charge is 0.240 e. The van der Waals surface area contributed by atoms with Gasteiger partial charge in [0.1, 0.15) is 0 Å². The zero-order valence-corrected chi connectivity index (χ0v) is 17.8. The van der Waals surface area contributed by atoms with Crippen LogP contribution in [-0.4, -0.2) is 51.3 Å². The van der Waals surface area contributed by atoms with E-state index in [2.05, 4.69) is 10.0 Å². The third-order valence-corrected chi connectivity index (χ3v) is 6.60. The van der Waals surface area contributed by atoms with Crippen molar-refractivity contribution in [3.05, 3.63) is 65.7 Å². The summed E-state index contributed by atoms with van der Waals surface area (Å²) in [6.07, 6.45) is 0.871. The maximum absolute atomic E-state index is 12.2. The summed E-state index contributed by atoms with van der Waals surface area (Å²) in [5.74, 6) is -0.147. The Morgan fingerprint density at radius 1 is 1.07 bits per heavy atom. The van der Waals surface area contributed by atoms with Gasteiger partial charge in [-0.2, -0.15) is 0 Å². The molecule has 2 amide bonds. The minimum Gasteiger partial charge on any atom is -0.355 e. The number of rotatable bonds is 9. The Labute approximate surface area is 177 Å². The Hall–Kier alpha value is -2.71. The molecule has 8 heteroatoms. The fourth-order valence-electron chi connectivity index (χ4n) is 3.43. The number of carbonyl (C=O) groups excluding carboxylic acids is 2. The lowest BCUT2D eigenvalue weighted by Crippen LogP contribution is -2.39. The van der Waals surface area contributed by atoms with Gasteiger partial charge >= 0.3 is 0 Å². The first-order chi connectivity index (χ1) is 14.3. The van der Waals surface area contributed by atoms with Gasteiger partial charge in [0.05, 0.1) is 11.4 Å². The molecule has 1 unspecified atom stereocenters. The number of hydrogen-bond donors (Lipinski definition) is 2. The molecule has 1 atom stereocenters. The minimum atomic E-state index is -3.55. The van der Waals surface area contributed by atoms with E-state index in [1.165, 1.54) is 0 Å². The van der Waals surface area contributed by atoms with Gasteiger partial charge in [-0.3, -0.25) is 9.59 Å². The SMILES string of the molecule is Cc1ccc(S(=O)(=O)NCCCNC(=O)CN2CC(c3ccccc3)CC2=O)cc1. The molecule has 2 aromatic carbocycles. The summed E-state index contributed by atoms with van der Waals surface area (Å²) >= 11 is 0. The van der Waals surface area contributed by atoms with E-state index in [-0.39, 0.29) is 35.7 Å². The number of hydrogen-bond acceptors (Lipinski definition) is 4. The van der Waals surface area contributed by atoms with E-state index >= 15 is 0 Å². The second-order valence-electron chi connectivity index (χ2n) is 7.50. The van der Waals surface area contributed by atoms with E-state index in [0.29, 0.717) is 25.9 Å². The summed E-state index contributed by atoms with van der Waals surface area (Å²) in [4.78, 5) is 26.2. The van der Waals surface area contributed by atoms with E-state index in [1.807, 2.05) is 37.3 Å². The Balaban J connectivity index is 1.37. The summed E-state index contributed by atoms with van der Waals surface area (Å²) in [6, 6.07) is 16.5. The Kier molecular flexibility index (Phi) is 7.23. The largest absolute Gasteiger partial charge is 0.355 e. The van der Waals surface area contributed by atoms with Crippen molar-refractivity contribution in [2.24, 2.45) is 0 Å². The van der Waals surface area contributed by atoms with Crippen molar-refractivity contribution in [2.75, 3.05) is 26.2 Å². The quantitative estimate of drug-likeness (QED) is 0.594. The van der Waals surface area contributed by atoms with E-state index in [0.717, 1.165) is 11.1 Å². The van der Waals surface area contributed by atoms with E-state index < -0.39 is 10.0 Å². The number of nitrogens with zero attached hydrogens (tertiary/aromatic N) is 1. The van der Waals surface area contributed by atoms with E-state index in [4.69, 9.17) is 0 Å². The highest BCUT2D eigenvalue weighted by molar-refractivity contribution is 7.89. The van der Waals surface area contributed by atoms with E-state index in [1.54, 1.807) is 29.2 Å². The van der Waals surface area contributed by atoms with Crippen LogP contribution < -0.4 is 10.0 Å². The first kappa shape index (κ1) is 22.0. The third kappa shape index (κ3) is 5.90. The van der Waals surface area contributed by atoms with Crippen LogP contribution in [0.4, 0.5) is 0 Å². The lowest BCUT2D eigenvalue weighted by Gasteiger charge is -2.16. The van der Waals surface area contributed by atoms with Crippen molar-refractivity contribution in [3.8, 4) is 0 Å². The molecule has 0 saturated carbocycles. The van der Waals surface area contributed by atoms with Crippen LogP contribution in [0.15, 0.2) is 59.5 Å². The normalized spacial score (nSPS) is 16.6. The number of likely N-dealkylation sites (tertiary alicyclic amines) is 1. The van der Waals surface area contributed by atoms with Gasteiger partial charge in [-0.15, -0.1) is 0 Å². The molecule has 160 valence electrons. The lowest BCUT2D eigenvalue weighted by molar-refractivity contribution is -0.133. The first-order valence-electron chi connectivity index (χ1n) is 10.0. The van der Waals surface area contributed by atoms with Gasteiger partial charge in [0, 0.05) is 32.0 Å². The summed E-state index contributed by atoms with van der Waals surface area (Å²) in [5, 5.41) is 2.75. The standard InChI is InChI=1S/C22H27N3O4S/c1-17-8-10-20(11-9-17)30(28,29)24-13-5-12-23-21(26)16-25-15-19(14-22(25)27)18-6-3-2-4-7-18/h2-4,6-11,19,24H,5,12-16H2,1H3,(H,23,26). The third-order valence-electron chi connectivity index (χ3n) is 5.12. The van der Waals surface area contributed by atoms with Gasteiger partial charge in [0.2, 0.25) is 21.8 Å². The van der Waals surface area contributed by atoms with Crippen LogP contribution in [0.3, 0.4) is 0 Å². The Morgan fingerprint density at radius 2 is 1.77 bits per heavy atom. The van der Waals surface area contributed by atoms with Gasteiger partial charge in [0.15, 0.2) is 0 Å². The molecular formula is C22H27N3O4S. The van der Waals surface area contributed by atoms with Crippen LogP contribution >= 0.6 is 0 Å². The Morgan fingerprint density at radius 3 is 2.47 bits per heavy atom. The van der Waals surface area contributed by atoms with Gasteiger partial charge in [0.25, 0.3) is 0 Å². The molecule has 1 aliphatic rings. The number of carbonyl (C=O) groups is 2. The van der Waals surface area contributed by atoms with Crippen LogP contribution in [0.25, 0.3) is 0 Å². The topological polar surface area (TPSA) is 95.6 Å². The molecule has 2 aromatic rings. The molecule has 0 aromatic heterocycles. The number of sulfonamides is 1. The molecule has 1 heterocycles. The zero-order valence-electron chi connectivity index (χ0n) is 17.0. The highest BCUT2D eigenvalue weighted by Crippen LogP contribution is 2.27. The van der Waals surface area contributed by atoms with Crippen molar-refractivity contribution in [2.45, 2.75) is 30.6 Å². The fraction of sp³-hybridized carbons (Fsp3) is 0.364. The predicted octanol–water partition coefficient (Wildman–Crippen LogP) is 1.80. The summed E-state index contributed by atoms with van der Waals surface area (Å²) in [6.45, 7) is 3.00. The molecule has 1 saturated heterocycles. The molecule has 7 nitrogen and oxygen atoms in total. The number of aryl methyl sites for hydroxylation is 1. The molecule has 0 aliphatic carbocycles. The molecule has 1 fully saturated rings. The van der Waals surface area contributed by atoms with Crippen molar-refractivity contribution >= 4 is 21.8 Å². The van der Waals surface area contributed by atoms with Crippen molar-refractivity contribution in [1.82, 2.24) is 14.9 Å². The monoisotopic (exact) mass is 429 g/mol. The molecular weight excluding hydrogens is 402 g/mol. The summed E-state index contributed by atoms with van der Waals surface area (Å²) in [5.41, 5.74) is 2.10. The van der Waals surface area contributed by atoms with Crippen LogP contribution in [0.5, 0.6) is 0 Å². The maximum atomic E-state index is 12.2. The fourth-order valence-corrected chi connectivity index (χ4v) is 4.50.